The second kappa shape index (κ2) is 3.97. The van der Waals surface area contributed by atoms with Crippen molar-refractivity contribution in [1.82, 2.24) is 4.98 Å². The molecule has 0 spiro atoms. The number of nitrogens with zero attached hydrogens (tertiary/aromatic N) is 2. The van der Waals surface area contributed by atoms with E-state index in [0.717, 1.165) is 5.82 Å². The van der Waals surface area contributed by atoms with E-state index in [0.29, 0.717) is 5.88 Å². The summed E-state index contributed by atoms with van der Waals surface area (Å²) in [5.41, 5.74) is -0.0596. The summed E-state index contributed by atoms with van der Waals surface area (Å²) in [5, 5.41) is 0. The second-order valence-electron chi connectivity index (χ2n) is 3.69. The molecule has 0 aliphatic heterocycles. The van der Waals surface area contributed by atoms with Gasteiger partial charge in [0.05, 0.1) is 0 Å². The van der Waals surface area contributed by atoms with Crippen molar-refractivity contribution >= 4 is 17.4 Å². The van der Waals surface area contributed by atoms with E-state index in [1.54, 1.807) is 6.20 Å². The van der Waals surface area contributed by atoms with Gasteiger partial charge in [0.15, 0.2) is 0 Å². The molecule has 0 aliphatic carbocycles. The molecule has 72 valence electrons. The van der Waals surface area contributed by atoms with Gasteiger partial charge in [0.1, 0.15) is 5.82 Å². The van der Waals surface area contributed by atoms with Gasteiger partial charge in [0.25, 0.3) is 0 Å². The van der Waals surface area contributed by atoms with Crippen LogP contribution in [0.25, 0.3) is 0 Å². The average molecular weight is 199 g/mol. The summed E-state index contributed by atoms with van der Waals surface area (Å²) in [5.74, 6) is 1.54. The molecule has 1 aromatic heterocycles. The molecule has 0 saturated heterocycles. The number of hydrogen-bond acceptors (Lipinski definition) is 2. The number of anilines is 1. The van der Waals surface area contributed by atoms with Gasteiger partial charge in [0, 0.05) is 24.7 Å². The number of hydrogen-bond donors (Lipinski definition) is 0. The van der Waals surface area contributed by atoms with E-state index in [1.807, 2.05) is 25.2 Å². The van der Waals surface area contributed by atoms with E-state index in [4.69, 9.17) is 11.6 Å². The third kappa shape index (κ3) is 2.34. The van der Waals surface area contributed by atoms with Crippen LogP contribution in [0.5, 0.6) is 0 Å². The molecule has 0 unspecified atom stereocenters. The lowest BCUT2D eigenvalue weighted by atomic mass is 10.1. The van der Waals surface area contributed by atoms with Gasteiger partial charge in [-0.1, -0.05) is 6.07 Å². The normalized spacial score (nSPS) is 11.4. The fraction of sp³-hybridized carbons (Fsp3) is 0.500. The van der Waals surface area contributed by atoms with Crippen molar-refractivity contribution in [3.05, 3.63) is 24.4 Å². The summed E-state index contributed by atoms with van der Waals surface area (Å²) in [6.07, 6.45) is 1.79. The fourth-order valence-corrected chi connectivity index (χ4v) is 1.13. The van der Waals surface area contributed by atoms with Crippen LogP contribution in [-0.2, 0) is 0 Å². The summed E-state index contributed by atoms with van der Waals surface area (Å²) in [7, 11) is 2.00. The molecule has 0 bridgehead atoms. The van der Waals surface area contributed by atoms with E-state index in [1.165, 1.54) is 0 Å². The Bertz CT molecular complexity index is 259. The Hall–Kier alpha value is -0.760. The van der Waals surface area contributed by atoms with Gasteiger partial charge in [0.2, 0.25) is 0 Å². The molecule has 0 saturated carbocycles. The smallest absolute Gasteiger partial charge is 0.128 e. The molecule has 13 heavy (non-hydrogen) atoms. The number of alkyl halides is 1. The van der Waals surface area contributed by atoms with Gasteiger partial charge in [-0.05, 0) is 26.0 Å². The maximum Gasteiger partial charge on any atom is 0.128 e. The van der Waals surface area contributed by atoms with Crippen LogP contribution in [0.4, 0.5) is 5.82 Å². The molecule has 0 radical (unpaired) electrons. The van der Waals surface area contributed by atoms with Crippen LogP contribution in [0.1, 0.15) is 13.8 Å². The quantitative estimate of drug-likeness (QED) is 0.694. The topological polar surface area (TPSA) is 16.1 Å². The average Bonchev–Trinajstić information content (AvgIpc) is 2.18. The van der Waals surface area contributed by atoms with E-state index < -0.39 is 0 Å². The molecular weight excluding hydrogens is 184 g/mol. The van der Waals surface area contributed by atoms with Crippen LogP contribution in [-0.4, -0.2) is 23.5 Å². The molecule has 0 aliphatic rings. The van der Waals surface area contributed by atoms with Crippen molar-refractivity contribution in [2.45, 2.75) is 19.4 Å². The van der Waals surface area contributed by atoms with Gasteiger partial charge in [-0.15, -0.1) is 11.6 Å². The molecule has 0 aromatic carbocycles. The summed E-state index contributed by atoms with van der Waals surface area (Å²) < 4.78 is 0. The first kappa shape index (κ1) is 10.3. The van der Waals surface area contributed by atoms with Crippen molar-refractivity contribution in [3.63, 3.8) is 0 Å². The Balaban J connectivity index is 2.85. The largest absolute Gasteiger partial charge is 0.353 e. The van der Waals surface area contributed by atoms with Crippen molar-refractivity contribution in [2.24, 2.45) is 0 Å². The SMILES string of the molecule is CN(c1ccccn1)C(C)(C)CCl. The minimum Gasteiger partial charge on any atom is -0.353 e. The van der Waals surface area contributed by atoms with Gasteiger partial charge >= 0.3 is 0 Å². The zero-order valence-corrected chi connectivity index (χ0v) is 9.04. The standard InChI is InChI=1S/C10H15ClN2/c1-10(2,8-11)13(3)9-6-4-5-7-12-9/h4-7H,8H2,1-3H3. The molecule has 2 nitrogen and oxygen atoms in total. The van der Waals surface area contributed by atoms with Crippen molar-refractivity contribution < 1.29 is 0 Å². The Morgan fingerprint density at radius 1 is 1.46 bits per heavy atom. The molecular formula is C10H15ClN2. The van der Waals surface area contributed by atoms with Crippen molar-refractivity contribution in [2.75, 3.05) is 17.8 Å². The lowest BCUT2D eigenvalue weighted by molar-refractivity contribution is 0.540. The highest BCUT2D eigenvalue weighted by Gasteiger charge is 2.22. The van der Waals surface area contributed by atoms with Crippen LogP contribution in [0, 0.1) is 0 Å². The van der Waals surface area contributed by atoms with Gasteiger partial charge in [-0.25, -0.2) is 4.98 Å². The minimum absolute atomic E-state index is 0.0596. The van der Waals surface area contributed by atoms with Crippen molar-refractivity contribution in [3.8, 4) is 0 Å². The molecule has 1 heterocycles. The number of halogens is 1. The first-order valence-electron chi connectivity index (χ1n) is 4.29. The van der Waals surface area contributed by atoms with Gasteiger partial charge in [-0.2, -0.15) is 0 Å². The van der Waals surface area contributed by atoms with Crippen molar-refractivity contribution in [1.29, 1.82) is 0 Å². The Kier molecular flexibility index (Phi) is 3.15. The fourth-order valence-electron chi connectivity index (χ4n) is 0.952. The van der Waals surface area contributed by atoms with Crippen LogP contribution in [0.15, 0.2) is 24.4 Å². The Morgan fingerprint density at radius 2 is 2.15 bits per heavy atom. The zero-order valence-electron chi connectivity index (χ0n) is 8.29. The highest BCUT2D eigenvalue weighted by Crippen LogP contribution is 2.20. The first-order chi connectivity index (χ1) is 6.08. The lowest BCUT2D eigenvalue weighted by Gasteiger charge is -2.34. The van der Waals surface area contributed by atoms with Gasteiger partial charge in [-0.3, -0.25) is 0 Å². The van der Waals surface area contributed by atoms with E-state index in [2.05, 4.69) is 23.7 Å². The summed E-state index contributed by atoms with van der Waals surface area (Å²) in [6.45, 7) is 4.18. The molecule has 3 heteroatoms. The third-order valence-corrected chi connectivity index (χ3v) is 2.88. The van der Waals surface area contributed by atoms with E-state index in [-0.39, 0.29) is 5.54 Å². The van der Waals surface area contributed by atoms with Crippen LogP contribution in [0.3, 0.4) is 0 Å². The molecule has 0 N–H and O–H groups in total. The van der Waals surface area contributed by atoms with Crippen LogP contribution in [0.2, 0.25) is 0 Å². The van der Waals surface area contributed by atoms with Crippen LogP contribution < -0.4 is 4.90 Å². The van der Waals surface area contributed by atoms with Gasteiger partial charge < -0.3 is 4.90 Å². The maximum absolute atomic E-state index is 5.87. The Morgan fingerprint density at radius 3 is 2.62 bits per heavy atom. The number of rotatable bonds is 3. The van der Waals surface area contributed by atoms with E-state index >= 15 is 0 Å². The van der Waals surface area contributed by atoms with E-state index in [9.17, 15) is 0 Å². The molecule has 1 rings (SSSR count). The first-order valence-corrected chi connectivity index (χ1v) is 4.82. The molecule has 1 aromatic rings. The van der Waals surface area contributed by atoms with Crippen LogP contribution >= 0.6 is 11.6 Å². The molecule has 0 amide bonds. The third-order valence-electron chi connectivity index (χ3n) is 2.23. The minimum atomic E-state index is -0.0596. The predicted octanol–water partition coefficient (Wildman–Crippen LogP) is 2.54. The Labute approximate surface area is 84.5 Å². The highest BCUT2D eigenvalue weighted by molar-refractivity contribution is 6.18. The number of pyridine rings is 1. The highest BCUT2D eigenvalue weighted by atomic mass is 35.5. The zero-order chi connectivity index (χ0) is 9.90. The summed E-state index contributed by atoms with van der Waals surface area (Å²) in [4.78, 5) is 6.34. The summed E-state index contributed by atoms with van der Waals surface area (Å²) in [6, 6.07) is 5.86. The summed E-state index contributed by atoms with van der Waals surface area (Å²) >= 11 is 5.87. The number of aromatic nitrogens is 1. The lowest BCUT2D eigenvalue weighted by Crippen LogP contribution is -2.43. The molecule has 0 atom stereocenters. The molecule has 0 fully saturated rings. The monoisotopic (exact) mass is 198 g/mol. The maximum atomic E-state index is 5.87. The predicted molar refractivity (Wildman–Crippen MR) is 57.4 cm³/mol. The second-order valence-corrected chi connectivity index (χ2v) is 3.96.